The number of nitro groups is 1. The van der Waals surface area contributed by atoms with E-state index in [0.717, 1.165) is 0 Å². The van der Waals surface area contributed by atoms with Gasteiger partial charge in [-0.25, -0.2) is 0 Å². The quantitative estimate of drug-likeness (QED) is 0.303. The number of nitrogens with one attached hydrogen (secondary N) is 1. The van der Waals surface area contributed by atoms with Gasteiger partial charge in [-0.3, -0.25) is 14.9 Å². The molecule has 0 aromatic heterocycles. The van der Waals surface area contributed by atoms with Crippen molar-refractivity contribution in [1.29, 1.82) is 0 Å². The molecule has 0 saturated carbocycles. The van der Waals surface area contributed by atoms with Crippen molar-refractivity contribution in [2.24, 2.45) is 0 Å². The van der Waals surface area contributed by atoms with Crippen LogP contribution in [0, 0.1) is 22.5 Å². The fourth-order valence-electron chi connectivity index (χ4n) is 0.979. The van der Waals surface area contributed by atoms with E-state index in [1.165, 1.54) is 18.2 Å². The fourth-order valence-corrected chi connectivity index (χ4v) is 1.13. The summed E-state index contributed by atoms with van der Waals surface area (Å²) in [6, 6.07) is 5.67. The van der Waals surface area contributed by atoms with E-state index >= 15 is 0 Å². The summed E-state index contributed by atoms with van der Waals surface area (Å²) in [7, 11) is 0. The molecule has 0 saturated heterocycles. The fraction of sp³-hybridized carbons (Fsp3) is 0.100. The number of nitro benzene ring substituents is 1. The van der Waals surface area contributed by atoms with Crippen molar-refractivity contribution in [2.75, 3.05) is 5.32 Å². The molecule has 1 amide bonds. The highest BCUT2D eigenvalue weighted by molar-refractivity contribution is 14.1. The highest BCUT2D eigenvalue weighted by Crippen LogP contribution is 2.17. The standard InChI is InChI=1S/C10H7IN2O3/c1-2-9(11)10(14)12-7-4-3-5-8(6-7)13(15)16/h1,3-6,9H,(H,12,14). The number of alkyl halides is 1. The molecule has 1 aromatic rings. The normalized spacial score (nSPS) is 11.2. The zero-order valence-corrected chi connectivity index (χ0v) is 10.2. The first-order valence-corrected chi connectivity index (χ1v) is 5.44. The zero-order valence-electron chi connectivity index (χ0n) is 8.01. The van der Waals surface area contributed by atoms with Crippen molar-refractivity contribution in [2.45, 2.75) is 3.92 Å². The van der Waals surface area contributed by atoms with Crippen LogP contribution in [0.15, 0.2) is 24.3 Å². The minimum absolute atomic E-state index is 0.0801. The van der Waals surface area contributed by atoms with Gasteiger partial charge >= 0.3 is 0 Å². The average molecular weight is 330 g/mol. The van der Waals surface area contributed by atoms with Crippen LogP contribution in [0.5, 0.6) is 0 Å². The molecule has 0 aliphatic rings. The Morgan fingerprint density at radius 3 is 2.88 bits per heavy atom. The van der Waals surface area contributed by atoms with E-state index in [1.807, 2.05) is 0 Å². The summed E-state index contributed by atoms with van der Waals surface area (Å²) in [5.41, 5.74) is 0.277. The number of anilines is 1. The van der Waals surface area contributed by atoms with Crippen LogP contribution in [0.25, 0.3) is 0 Å². The van der Waals surface area contributed by atoms with Crippen LogP contribution in [0.1, 0.15) is 0 Å². The van der Waals surface area contributed by atoms with Crippen molar-refractivity contribution in [3.63, 3.8) is 0 Å². The monoisotopic (exact) mass is 330 g/mol. The molecule has 0 heterocycles. The lowest BCUT2D eigenvalue weighted by Crippen LogP contribution is -2.21. The van der Waals surface area contributed by atoms with Crippen LogP contribution >= 0.6 is 22.6 Å². The topological polar surface area (TPSA) is 72.2 Å². The van der Waals surface area contributed by atoms with Crippen LogP contribution in [0.2, 0.25) is 0 Å². The number of nitrogens with zero attached hydrogens (tertiary/aromatic N) is 1. The Labute approximate surface area is 106 Å². The van der Waals surface area contributed by atoms with Gasteiger partial charge in [-0.2, -0.15) is 0 Å². The summed E-state index contributed by atoms with van der Waals surface area (Å²) in [4.78, 5) is 21.4. The molecule has 1 rings (SSSR count). The molecule has 1 unspecified atom stereocenters. The molecule has 0 aliphatic carbocycles. The molecule has 0 spiro atoms. The number of carbonyl (C=O) groups excluding carboxylic acids is 1. The van der Waals surface area contributed by atoms with Crippen LogP contribution in [0.3, 0.4) is 0 Å². The first-order chi connectivity index (χ1) is 7.54. The van der Waals surface area contributed by atoms with Gasteiger partial charge < -0.3 is 5.32 Å². The number of benzene rings is 1. The molecule has 0 fully saturated rings. The predicted molar refractivity (Wildman–Crippen MR) is 68.4 cm³/mol. The van der Waals surface area contributed by atoms with Gasteiger partial charge in [0.25, 0.3) is 5.69 Å². The molecule has 0 radical (unpaired) electrons. The SMILES string of the molecule is C#CC(I)C(=O)Nc1cccc([N+](=O)[O-])c1. The molecule has 1 aromatic carbocycles. The van der Waals surface area contributed by atoms with Crippen molar-refractivity contribution >= 4 is 39.9 Å². The van der Waals surface area contributed by atoms with Crippen LogP contribution in [-0.2, 0) is 4.79 Å². The van der Waals surface area contributed by atoms with E-state index in [4.69, 9.17) is 6.42 Å². The minimum atomic E-state index is -0.600. The third-order valence-corrected chi connectivity index (χ3v) is 2.63. The summed E-state index contributed by atoms with van der Waals surface area (Å²) < 4.78 is -0.600. The van der Waals surface area contributed by atoms with E-state index in [-0.39, 0.29) is 11.6 Å². The second-order valence-corrected chi connectivity index (χ2v) is 4.07. The summed E-state index contributed by atoms with van der Waals surface area (Å²) in [5.74, 6) is 1.89. The van der Waals surface area contributed by atoms with Gasteiger partial charge in [0.2, 0.25) is 5.91 Å². The maximum Gasteiger partial charge on any atom is 0.271 e. The van der Waals surface area contributed by atoms with Gasteiger partial charge in [0.05, 0.1) is 4.92 Å². The summed E-state index contributed by atoms with van der Waals surface area (Å²) in [5, 5.41) is 13.0. The zero-order chi connectivity index (χ0) is 12.1. The maximum absolute atomic E-state index is 11.4. The number of rotatable bonds is 3. The molecule has 1 N–H and O–H groups in total. The second-order valence-electron chi connectivity index (χ2n) is 2.83. The Morgan fingerprint density at radius 2 is 2.31 bits per heavy atom. The third kappa shape index (κ3) is 3.20. The van der Waals surface area contributed by atoms with Crippen LogP contribution in [0.4, 0.5) is 11.4 Å². The predicted octanol–water partition coefficient (Wildman–Crippen LogP) is 1.97. The molecule has 82 valence electrons. The molecule has 16 heavy (non-hydrogen) atoms. The first-order valence-electron chi connectivity index (χ1n) is 4.20. The minimum Gasteiger partial charge on any atom is -0.324 e. The Bertz CT molecular complexity index is 467. The van der Waals surface area contributed by atoms with E-state index in [0.29, 0.717) is 5.69 Å². The van der Waals surface area contributed by atoms with Gasteiger partial charge in [-0.15, -0.1) is 6.42 Å². The molecular weight excluding hydrogens is 323 g/mol. The average Bonchev–Trinajstić information content (AvgIpc) is 2.28. The van der Waals surface area contributed by atoms with Gasteiger partial charge in [-0.1, -0.05) is 34.6 Å². The Morgan fingerprint density at radius 1 is 1.62 bits per heavy atom. The summed E-state index contributed by atoms with van der Waals surface area (Å²) in [6.07, 6.45) is 5.08. The Kier molecular flexibility index (Phi) is 4.25. The number of carbonyl (C=O) groups is 1. The van der Waals surface area contributed by atoms with E-state index in [1.54, 1.807) is 28.7 Å². The number of hydrogen-bond acceptors (Lipinski definition) is 3. The smallest absolute Gasteiger partial charge is 0.271 e. The van der Waals surface area contributed by atoms with Crippen molar-refractivity contribution in [3.8, 4) is 12.3 Å². The van der Waals surface area contributed by atoms with Gasteiger partial charge in [0, 0.05) is 17.8 Å². The van der Waals surface area contributed by atoms with Crippen LogP contribution < -0.4 is 5.32 Å². The number of amides is 1. The molecule has 0 bridgehead atoms. The lowest BCUT2D eigenvalue weighted by atomic mass is 10.2. The maximum atomic E-state index is 11.4. The molecule has 0 aliphatic heterocycles. The Hall–Kier alpha value is -1.62. The van der Waals surface area contributed by atoms with Crippen molar-refractivity contribution in [3.05, 3.63) is 34.4 Å². The van der Waals surface area contributed by atoms with E-state index in [9.17, 15) is 14.9 Å². The summed E-state index contributed by atoms with van der Waals surface area (Å²) in [6.45, 7) is 0. The Balaban J connectivity index is 2.83. The third-order valence-electron chi connectivity index (χ3n) is 1.70. The van der Waals surface area contributed by atoms with Crippen molar-refractivity contribution in [1.82, 2.24) is 0 Å². The van der Waals surface area contributed by atoms with E-state index in [2.05, 4.69) is 11.2 Å². The second kappa shape index (κ2) is 5.46. The van der Waals surface area contributed by atoms with Crippen LogP contribution in [-0.4, -0.2) is 14.8 Å². The number of halogens is 1. The van der Waals surface area contributed by atoms with Gasteiger partial charge in [0.1, 0.15) is 0 Å². The van der Waals surface area contributed by atoms with Crippen molar-refractivity contribution < 1.29 is 9.72 Å². The van der Waals surface area contributed by atoms with E-state index < -0.39 is 8.85 Å². The number of non-ortho nitro benzene ring substituents is 1. The molecular formula is C10H7IN2O3. The van der Waals surface area contributed by atoms with Gasteiger partial charge in [0.15, 0.2) is 3.92 Å². The lowest BCUT2D eigenvalue weighted by Gasteiger charge is -2.05. The molecule has 6 heteroatoms. The number of terminal acetylenes is 1. The largest absolute Gasteiger partial charge is 0.324 e. The number of hydrogen-bond donors (Lipinski definition) is 1. The van der Waals surface area contributed by atoms with Gasteiger partial charge in [-0.05, 0) is 6.07 Å². The lowest BCUT2D eigenvalue weighted by molar-refractivity contribution is -0.384. The summed E-state index contributed by atoms with van der Waals surface area (Å²) >= 11 is 1.80. The first kappa shape index (κ1) is 12.4. The highest BCUT2D eigenvalue weighted by Gasteiger charge is 2.13. The molecule has 1 atom stereocenters. The molecule has 5 nitrogen and oxygen atoms in total. The highest BCUT2D eigenvalue weighted by atomic mass is 127.